The number of aryl methyl sites for hydroxylation is 1. The second kappa shape index (κ2) is 11.4. The predicted octanol–water partition coefficient (Wildman–Crippen LogP) is 3.63. The summed E-state index contributed by atoms with van der Waals surface area (Å²) >= 11 is 0. The molecule has 0 aliphatic carbocycles. The number of ether oxygens (including phenoxy) is 1. The normalized spacial score (nSPS) is 15.1. The van der Waals surface area contributed by atoms with Crippen molar-refractivity contribution in [3.8, 4) is 0 Å². The third-order valence-corrected chi connectivity index (χ3v) is 5.25. The Morgan fingerprint density at radius 3 is 2.81 bits per heavy atom. The largest absolute Gasteiger partial charge is 0.469 e. The van der Waals surface area contributed by atoms with E-state index in [0.717, 1.165) is 30.6 Å². The molecule has 1 aliphatic rings. The first-order valence-electron chi connectivity index (χ1n) is 10.8. The van der Waals surface area contributed by atoms with E-state index in [9.17, 15) is 9.18 Å². The highest BCUT2D eigenvalue weighted by molar-refractivity contribution is 5.80. The van der Waals surface area contributed by atoms with Crippen molar-refractivity contribution >= 4 is 12.1 Å². The van der Waals surface area contributed by atoms with E-state index in [4.69, 9.17) is 14.1 Å². The standard InChI is InChI=1S/C23H31FN4O3/c1-3-30-23(29)28-12-9-19(10-13-28)27-22(25-11-8-20-5-4-14-31-20)26-16-18-6-7-21(24)17(2)15-18/h4-7,14-15,19H,3,8-13,16H2,1-2H3,(H2,25,26,27). The van der Waals surface area contributed by atoms with Gasteiger partial charge >= 0.3 is 6.09 Å². The number of guanidine groups is 1. The Kier molecular flexibility index (Phi) is 8.32. The number of piperidine rings is 1. The summed E-state index contributed by atoms with van der Waals surface area (Å²) in [4.78, 5) is 18.3. The fourth-order valence-electron chi connectivity index (χ4n) is 3.50. The Bertz CT molecular complexity index is 862. The van der Waals surface area contributed by atoms with Crippen molar-refractivity contribution in [1.82, 2.24) is 15.5 Å². The molecule has 2 N–H and O–H groups in total. The zero-order valence-electron chi connectivity index (χ0n) is 18.2. The van der Waals surface area contributed by atoms with Gasteiger partial charge in [-0.05, 0) is 56.0 Å². The number of halogens is 1. The molecule has 2 heterocycles. The van der Waals surface area contributed by atoms with Gasteiger partial charge in [-0.3, -0.25) is 0 Å². The van der Waals surface area contributed by atoms with E-state index in [0.29, 0.717) is 44.3 Å². The number of amides is 1. The van der Waals surface area contributed by atoms with Crippen molar-refractivity contribution in [1.29, 1.82) is 0 Å². The molecule has 1 aromatic heterocycles. The number of carbonyl (C=O) groups is 1. The number of furan rings is 1. The van der Waals surface area contributed by atoms with Crippen LogP contribution < -0.4 is 10.6 Å². The van der Waals surface area contributed by atoms with Crippen LogP contribution in [0.4, 0.5) is 9.18 Å². The summed E-state index contributed by atoms with van der Waals surface area (Å²) < 4.78 is 24.0. The maximum Gasteiger partial charge on any atom is 0.409 e. The van der Waals surface area contributed by atoms with Gasteiger partial charge in [0.15, 0.2) is 5.96 Å². The Labute approximate surface area is 182 Å². The van der Waals surface area contributed by atoms with Gasteiger partial charge in [-0.25, -0.2) is 14.2 Å². The first-order valence-corrected chi connectivity index (χ1v) is 10.8. The fraction of sp³-hybridized carbons (Fsp3) is 0.478. The van der Waals surface area contributed by atoms with Crippen molar-refractivity contribution in [2.24, 2.45) is 4.99 Å². The average molecular weight is 431 g/mol. The lowest BCUT2D eigenvalue weighted by Crippen LogP contribution is -2.50. The summed E-state index contributed by atoms with van der Waals surface area (Å²) in [5, 5.41) is 6.83. The molecule has 8 heteroatoms. The highest BCUT2D eigenvalue weighted by Gasteiger charge is 2.24. The maximum absolute atomic E-state index is 13.5. The fourth-order valence-corrected chi connectivity index (χ4v) is 3.50. The number of rotatable bonds is 7. The minimum absolute atomic E-state index is 0.204. The number of benzene rings is 1. The van der Waals surface area contributed by atoms with Gasteiger partial charge in [-0.15, -0.1) is 0 Å². The molecule has 0 unspecified atom stereocenters. The second-order valence-corrected chi connectivity index (χ2v) is 7.61. The van der Waals surface area contributed by atoms with Gasteiger partial charge in [-0.1, -0.05) is 12.1 Å². The van der Waals surface area contributed by atoms with Crippen LogP contribution in [-0.4, -0.2) is 49.2 Å². The van der Waals surface area contributed by atoms with Crippen LogP contribution in [0.5, 0.6) is 0 Å². The number of nitrogens with zero attached hydrogens (tertiary/aromatic N) is 2. The van der Waals surface area contributed by atoms with Crippen molar-refractivity contribution in [2.45, 2.75) is 45.7 Å². The molecular weight excluding hydrogens is 399 g/mol. The van der Waals surface area contributed by atoms with Crippen molar-refractivity contribution in [2.75, 3.05) is 26.2 Å². The summed E-state index contributed by atoms with van der Waals surface area (Å²) in [6.45, 7) is 6.35. The topological polar surface area (TPSA) is 79.1 Å². The van der Waals surface area contributed by atoms with Gasteiger partial charge < -0.3 is 24.7 Å². The number of nitrogens with one attached hydrogen (secondary N) is 2. The number of aliphatic imine (C=N–C) groups is 1. The third kappa shape index (κ3) is 7.01. The van der Waals surface area contributed by atoms with E-state index in [2.05, 4.69) is 10.6 Å². The maximum atomic E-state index is 13.5. The van der Waals surface area contributed by atoms with E-state index in [1.54, 1.807) is 24.2 Å². The summed E-state index contributed by atoms with van der Waals surface area (Å²) in [6, 6.07) is 9.06. The first kappa shape index (κ1) is 22.7. The number of hydrogen-bond donors (Lipinski definition) is 2. The van der Waals surface area contributed by atoms with Gasteiger partial charge in [0.2, 0.25) is 0 Å². The zero-order valence-corrected chi connectivity index (χ0v) is 18.2. The molecule has 3 rings (SSSR count). The molecule has 31 heavy (non-hydrogen) atoms. The lowest BCUT2D eigenvalue weighted by atomic mass is 10.1. The molecule has 1 aliphatic heterocycles. The molecule has 2 aromatic rings. The van der Waals surface area contributed by atoms with Crippen LogP contribution in [0.3, 0.4) is 0 Å². The van der Waals surface area contributed by atoms with Gasteiger partial charge in [0.25, 0.3) is 0 Å². The summed E-state index contributed by atoms with van der Waals surface area (Å²) in [6.07, 6.45) is 3.78. The Morgan fingerprint density at radius 2 is 2.13 bits per heavy atom. The van der Waals surface area contributed by atoms with E-state index in [1.165, 1.54) is 6.07 Å². The molecule has 0 radical (unpaired) electrons. The molecule has 7 nitrogen and oxygen atoms in total. The van der Waals surface area contributed by atoms with Crippen molar-refractivity contribution < 1.29 is 18.3 Å². The molecular formula is C23H31FN4O3. The Morgan fingerprint density at radius 1 is 1.32 bits per heavy atom. The average Bonchev–Trinajstić information content (AvgIpc) is 3.28. The van der Waals surface area contributed by atoms with Gasteiger partial charge in [0, 0.05) is 32.1 Å². The molecule has 0 bridgehead atoms. The molecule has 1 fully saturated rings. The Balaban J connectivity index is 1.58. The minimum Gasteiger partial charge on any atom is -0.469 e. The monoisotopic (exact) mass is 430 g/mol. The van der Waals surface area contributed by atoms with Crippen molar-refractivity contribution in [3.05, 3.63) is 59.3 Å². The molecule has 0 saturated carbocycles. The third-order valence-electron chi connectivity index (χ3n) is 5.25. The van der Waals surface area contributed by atoms with Crippen LogP contribution in [0, 0.1) is 12.7 Å². The molecule has 1 aromatic carbocycles. The number of likely N-dealkylation sites (tertiary alicyclic amines) is 1. The minimum atomic E-state index is -0.252. The van der Waals surface area contributed by atoms with Crippen LogP contribution >= 0.6 is 0 Å². The molecule has 0 spiro atoms. The highest BCUT2D eigenvalue weighted by Crippen LogP contribution is 2.13. The van der Waals surface area contributed by atoms with E-state index < -0.39 is 0 Å². The smallest absolute Gasteiger partial charge is 0.409 e. The van der Waals surface area contributed by atoms with Gasteiger partial charge in [-0.2, -0.15) is 0 Å². The van der Waals surface area contributed by atoms with Gasteiger partial charge in [0.1, 0.15) is 11.6 Å². The molecule has 0 atom stereocenters. The van der Waals surface area contributed by atoms with Crippen LogP contribution in [0.2, 0.25) is 0 Å². The van der Waals surface area contributed by atoms with E-state index in [-0.39, 0.29) is 18.0 Å². The zero-order chi connectivity index (χ0) is 22.1. The molecule has 1 amide bonds. The number of carbonyl (C=O) groups excluding carboxylic acids is 1. The second-order valence-electron chi connectivity index (χ2n) is 7.61. The molecule has 168 valence electrons. The molecule has 1 saturated heterocycles. The van der Waals surface area contributed by atoms with Crippen LogP contribution in [0.1, 0.15) is 36.7 Å². The lowest BCUT2D eigenvalue weighted by molar-refractivity contribution is 0.0963. The van der Waals surface area contributed by atoms with Crippen LogP contribution in [-0.2, 0) is 17.7 Å². The lowest BCUT2D eigenvalue weighted by Gasteiger charge is -2.32. The summed E-state index contributed by atoms with van der Waals surface area (Å²) in [7, 11) is 0. The van der Waals surface area contributed by atoms with Crippen LogP contribution in [0.25, 0.3) is 0 Å². The highest BCUT2D eigenvalue weighted by atomic mass is 19.1. The Hall–Kier alpha value is -3.03. The first-order chi connectivity index (χ1) is 15.0. The SMILES string of the molecule is CCOC(=O)N1CCC(NC(=NCc2ccc(F)c(C)c2)NCCc2ccco2)CC1. The van der Waals surface area contributed by atoms with Crippen molar-refractivity contribution in [3.63, 3.8) is 0 Å². The van der Waals surface area contributed by atoms with Gasteiger partial charge in [0.05, 0.1) is 19.4 Å². The van der Waals surface area contributed by atoms with Crippen LogP contribution in [0.15, 0.2) is 46.0 Å². The number of hydrogen-bond acceptors (Lipinski definition) is 4. The summed E-state index contributed by atoms with van der Waals surface area (Å²) in [5.74, 6) is 1.39. The van der Waals surface area contributed by atoms with E-state index >= 15 is 0 Å². The summed E-state index contributed by atoms with van der Waals surface area (Å²) in [5.41, 5.74) is 1.56. The predicted molar refractivity (Wildman–Crippen MR) is 117 cm³/mol. The quantitative estimate of drug-likeness (QED) is 0.518. The van der Waals surface area contributed by atoms with E-state index in [1.807, 2.05) is 25.1 Å².